The van der Waals surface area contributed by atoms with Gasteiger partial charge >= 0.3 is 0 Å². The molecule has 0 aliphatic heterocycles. The molecular weight excluding hydrogens is 234 g/mol. The summed E-state index contributed by atoms with van der Waals surface area (Å²) in [6, 6.07) is 10.7. The van der Waals surface area contributed by atoms with Gasteiger partial charge in [0.1, 0.15) is 0 Å². The fourth-order valence-electron chi connectivity index (χ4n) is 2.88. The molecule has 0 saturated carbocycles. The fourth-order valence-corrected chi connectivity index (χ4v) is 2.88. The Kier molecular flexibility index (Phi) is 2.15. The van der Waals surface area contributed by atoms with Crippen molar-refractivity contribution in [1.82, 2.24) is 14.8 Å². The summed E-state index contributed by atoms with van der Waals surface area (Å²) in [6.07, 6.45) is 6.35. The molecule has 1 aromatic carbocycles. The first kappa shape index (κ1) is 10.6. The van der Waals surface area contributed by atoms with E-state index in [9.17, 15) is 0 Å². The maximum atomic E-state index is 4.33. The van der Waals surface area contributed by atoms with Crippen molar-refractivity contribution in [3.05, 3.63) is 53.5 Å². The van der Waals surface area contributed by atoms with Gasteiger partial charge in [-0.05, 0) is 42.0 Å². The number of allylic oxidation sites excluding steroid dienone is 1. The van der Waals surface area contributed by atoms with Gasteiger partial charge < -0.3 is 4.98 Å². The van der Waals surface area contributed by atoms with Crippen molar-refractivity contribution in [3.8, 4) is 0 Å². The number of aromatic amines is 1. The summed E-state index contributed by atoms with van der Waals surface area (Å²) in [4.78, 5) is 3.51. The highest BCUT2D eigenvalue weighted by molar-refractivity contribution is 5.89. The van der Waals surface area contributed by atoms with E-state index < -0.39 is 0 Å². The Labute approximate surface area is 111 Å². The molecule has 4 rings (SSSR count). The zero-order valence-corrected chi connectivity index (χ0v) is 10.9. The van der Waals surface area contributed by atoms with Crippen LogP contribution in [0.1, 0.15) is 23.4 Å². The Morgan fingerprint density at radius 1 is 1.21 bits per heavy atom. The lowest BCUT2D eigenvalue weighted by Gasteiger charge is -2.13. The van der Waals surface area contributed by atoms with Crippen LogP contribution in [0.5, 0.6) is 0 Å². The van der Waals surface area contributed by atoms with Gasteiger partial charge in [0, 0.05) is 29.5 Å². The van der Waals surface area contributed by atoms with Gasteiger partial charge in [-0.25, -0.2) is 0 Å². The SMILES string of the molecule is Cn1ncc2c1CCC(c1cc3ccccc3[nH]1)=C2. The molecule has 0 amide bonds. The van der Waals surface area contributed by atoms with Crippen LogP contribution in [0.25, 0.3) is 22.6 Å². The molecule has 1 N–H and O–H groups in total. The normalized spacial score (nSPS) is 14.5. The second-order valence-electron chi connectivity index (χ2n) is 5.11. The lowest BCUT2D eigenvalue weighted by atomic mass is 9.95. The number of fused-ring (bicyclic) bond motifs is 2. The topological polar surface area (TPSA) is 33.6 Å². The van der Waals surface area contributed by atoms with Crippen LogP contribution in [0.15, 0.2) is 36.5 Å². The van der Waals surface area contributed by atoms with Crippen LogP contribution in [0.2, 0.25) is 0 Å². The summed E-state index contributed by atoms with van der Waals surface area (Å²) in [6.45, 7) is 0. The number of aromatic nitrogens is 3. The molecule has 0 fully saturated rings. The smallest absolute Gasteiger partial charge is 0.0565 e. The highest BCUT2D eigenvalue weighted by Gasteiger charge is 2.16. The number of benzene rings is 1. The summed E-state index contributed by atoms with van der Waals surface area (Å²) in [5.41, 5.74) is 6.39. The summed E-state index contributed by atoms with van der Waals surface area (Å²) in [5.74, 6) is 0. The van der Waals surface area contributed by atoms with Gasteiger partial charge in [-0.2, -0.15) is 5.10 Å². The molecule has 0 bridgehead atoms. The fraction of sp³-hybridized carbons (Fsp3) is 0.188. The van der Waals surface area contributed by atoms with Crippen LogP contribution in [-0.2, 0) is 13.5 Å². The maximum Gasteiger partial charge on any atom is 0.0565 e. The van der Waals surface area contributed by atoms with E-state index >= 15 is 0 Å². The number of hydrogen-bond donors (Lipinski definition) is 1. The van der Waals surface area contributed by atoms with Gasteiger partial charge in [-0.15, -0.1) is 0 Å². The van der Waals surface area contributed by atoms with Crippen LogP contribution in [0, 0.1) is 0 Å². The van der Waals surface area contributed by atoms with Gasteiger partial charge in [-0.1, -0.05) is 18.2 Å². The number of rotatable bonds is 1. The van der Waals surface area contributed by atoms with Crippen molar-refractivity contribution in [1.29, 1.82) is 0 Å². The third-order valence-electron chi connectivity index (χ3n) is 3.93. The zero-order chi connectivity index (χ0) is 12.8. The van der Waals surface area contributed by atoms with Crippen molar-refractivity contribution in [3.63, 3.8) is 0 Å². The van der Waals surface area contributed by atoms with E-state index in [-0.39, 0.29) is 0 Å². The number of nitrogens with one attached hydrogen (secondary N) is 1. The first-order valence-electron chi connectivity index (χ1n) is 6.61. The van der Waals surface area contributed by atoms with Crippen LogP contribution in [-0.4, -0.2) is 14.8 Å². The number of para-hydroxylation sites is 1. The second-order valence-corrected chi connectivity index (χ2v) is 5.11. The van der Waals surface area contributed by atoms with Gasteiger partial charge in [0.05, 0.1) is 6.20 Å². The molecule has 3 heteroatoms. The standard InChI is InChI=1S/C16H15N3/c1-19-16-7-6-12(8-13(16)10-17-19)15-9-11-4-2-3-5-14(11)18-15/h2-5,8-10,18H,6-7H2,1H3. The average Bonchev–Trinajstić information content (AvgIpc) is 3.02. The molecule has 3 aromatic rings. The highest BCUT2D eigenvalue weighted by atomic mass is 15.3. The predicted molar refractivity (Wildman–Crippen MR) is 77.7 cm³/mol. The molecule has 0 saturated heterocycles. The Morgan fingerprint density at radius 2 is 2.11 bits per heavy atom. The Hall–Kier alpha value is -2.29. The minimum atomic E-state index is 1.06. The van der Waals surface area contributed by atoms with E-state index in [1.165, 1.54) is 33.4 Å². The molecule has 0 spiro atoms. The lowest BCUT2D eigenvalue weighted by Crippen LogP contribution is -2.03. The molecule has 3 nitrogen and oxygen atoms in total. The third kappa shape index (κ3) is 1.62. The highest BCUT2D eigenvalue weighted by Crippen LogP contribution is 2.31. The van der Waals surface area contributed by atoms with Crippen molar-refractivity contribution in [2.24, 2.45) is 7.05 Å². The van der Waals surface area contributed by atoms with Crippen molar-refractivity contribution >= 4 is 22.6 Å². The van der Waals surface area contributed by atoms with Crippen molar-refractivity contribution in [2.45, 2.75) is 12.8 Å². The Morgan fingerprint density at radius 3 is 3.00 bits per heavy atom. The quantitative estimate of drug-likeness (QED) is 0.704. The second kappa shape index (κ2) is 3.85. The van der Waals surface area contributed by atoms with Gasteiger partial charge in [0.15, 0.2) is 0 Å². The molecule has 94 valence electrons. The van der Waals surface area contributed by atoms with Gasteiger partial charge in [-0.3, -0.25) is 4.68 Å². The first-order chi connectivity index (χ1) is 9.31. The van der Waals surface area contributed by atoms with E-state index in [4.69, 9.17) is 0 Å². The van der Waals surface area contributed by atoms with E-state index in [0.717, 1.165) is 12.8 Å². The van der Waals surface area contributed by atoms with Crippen LogP contribution < -0.4 is 0 Å². The molecule has 1 aliphatic rings. The molecule has 19 heavy (non-hydrogen) atoms. The number of aryl methyl sites for hydroxylation is 1. The first-order valence-corrected chi connectivity index (χ1v) is 6.61. The molecule has 2 heterocycles. The van der Waals surface area contributed by atoms with Gasteiger partial charge in [0.2, 0.25) is 0 Å². The molecule has 1 aliphatic carbocycles. The minimum absolute atomic E-state index is 1.06. The van der Waals surface area contributed by atoms with E-state index in [1.54, 1.807) is 0 Å². The van der Waals surface area contributed by atoms with E-state index in [1.807, 2.05) is 17.9 Å². The Bertz CT molecular complexity index is 756. The van der Waals surface area contributed by atoms with Crippen LogP contribution in [0.4, 0.5) is 0 Å². The summed E-state index contributed by atoms with van der Waals surface area (Å²) >= 11 is 0. The van der Waals surface area contributed by atoms with Crippen LogP contribution in [0.3, 0.4) is 0 Å². The number of nitrogens with zero attached hydrogens (tertiary/aromatic N) is 2. The van der Waals surface area contributed by atoms with Crippen molar-refractivity contribution in [2.75, 3.05) is 0 Å². The van der Waals surface area contributed by atoms with E-state index in [2.05, 4.69) is 46.5 Å². The molecule has 0 atom stereocenters. The number of hydrogen-bond acceptors (Lipinski definition) is 1. The molecule has 0 radical (unpaired) electrons. The molecule has 0 unspecified atom stereocenters. The maximum absolute atomic E-state index is 4.33. The zero-order valence-electron chi connectivity index (χ0n) is 10.9. The summed E-state index contributed by atoms with van der Waals surface area (Å²) in [5, 5.41) is 5.60. The van der Waals surface area contributed by atoms with Crippen LogP contribution >= 0.6 is 0 Å². The number of H-pyrrole nitrogens is 1. The average molecular weight is 249 g/mol. The monoisotopic (exact) mass is 249 g/mol. The van der Waals surface area contributed by atoms with Gasteiger partial charge in [0.25, 0.3) is 0 Å². The third-order valence-corrected chi connectivity index (χ3v) is 3.93. The predicted octanol–water partition coefficient (Wildman–Crippen LogP) is 3.39. The molecular formula is C16H15N3. The largest absolute Gasteiger partial charge is 0.355 e. The molecule has 2 aromatic heterocycles. The van der Waals surface area contributed by atoms with Crippen molar-refractivity contribution < 1.29 is 0 Å². The summed E-state index contributed by atoms with van der Waals surface area (Å²) < 4.78 is 1.98. The minimum Gasteiger partial charge on any atom is -0.355 e. The summed E-state index contributed by atoms with van der Waals surface area (Å²) in [7, 11) is 2.01. The van der Waals surface area contributed by atoms with E-state index in [0.29, 0.717) is 0 Å². The Balaban J connectivity index is 1.83. The lowest BCUT2D eigenvalue weighted by molar-refractivity contribution is 0.706.